The number of aliphatic hydroxyl groups excluding tert-OH is 1. The molecular formula is C13H16F3N3O2. The van der Waals surface area contributed by atoms with Crippen LogP contribution in [-0.4, -0.2) is 46.7 Å². The van der Waals surface area contributed by atoms with Crippen molar-refractivity contribution in [2.24, 2.45) is 0 Å². The number of hydrogen-bond donors (Lipinski definition) is 1. The van der Waals surface area contributed by atoms with E-state index in [4.69, 9.17) is 4.74 Å². The molecule has 0 radical (unpaired) electrons. The number of anilines is 1. The van der Waals surface area contributed by atoms with Crippen LogP contribution in [0.4, 0.5) is 19.0 Å². The van der Waals surface area contributed by atoms with Gasteiger partial charge in [0.1, 0.15) is 5.56 Å². The molecule has 8 heteroatoms. The standard InChI is InChI=1S/C13H16F3N3O2/c14-13(15,16)10-1-4-17-18-11(10)19-5-2-12(3-6-19)7-9(20)8-21-12/h1,4,9,20H,2-3,5-8H2. The van der Waals surface area contributed by atoms with Gasteiger partial charge in [0.25, 0.3) is 0 Å². The third-order valence-corrected chi connectivity index (χ3v) is 4.17. The van der Waals surface area contributed by atoms with Crippen LogP contribution in [0.25, 0.3) is 0 Å². The van der Waals surface area contributed by atoms with Crippen LogP contribution in [0, 0.1) is 0 Å². The predicted molar refractivity (Wildman–Crippen MR) is 67.8 cm³/mol. The first-order valence-electron chi connectivity index (χ1n) is 6.85. The van der Waals surface area contributed by atoms with E-state index in [0.29, 0.717) is 39.0 Å². The lowest BCUT2D eigenvalue weighted by Crippen LogP contribution is -2.45. The van der Waals surface area contributed by atoms with Gasteiger partial charge >= 0.3 is 6.18 Å². The summed E-state index contributed by atoms with van der Waals surface area (Å²) < 4.78 is 44.6. The van der Waals surface area contributed by atoms with Crippen LogP contribution in [0.2, 0.25) is 0 Å². The molecule has 1 unspecified atom stereocenters. The molecule has 21 heavy (non-hydrogen) atoms. The molecule has 2 fully saturated rings. The number of alkyl halides is 3. The maximum Gasteiger partial charge on any atom is 0.420 e. The first-order chi connectivity index (χ1) is 9.90. The average Bonchev–Trinajstić information content (AvgIpc) is 2.80. The second-order valence-electron chi connectivity index (χ2n) is 5.61. The van der Waals surface area contributed by atoms with Crippen LogP contribution in [0.5, 0.6) is 0 Å². The number of ether oxygens (including phenoxy) is 1. The van der Waals surface area contributed by atoms with E-state index in [1.165, 1.54) is 0 Å². The Labute approximate surface area is 119 Å². The highest BCUT2D eigenvalue weighted by molar-refractivity contribution is 5.47. The molecule has 1 atom stereocenters. The molecule has 0 saturated carbocycles. The Morgan fingerprint density at radius 3 is 2.62 bits per heavy atom. The maximum atomic E-state index is 13.0. The van der Waals surface area contributed by atoms with E-state index in [1.807, 2.05) is 0 Å². The molecule has 5 nitrogen and oxygen atoms in total. The molecule has 2 aliphatic heterocycles. The van der Waals surface area contributed by atoms with Gasteiger partial charge in [-0.15, -0.1) is 5.10 Å². The zero-order chi connectivity index (χ0) is 15.1. The summed E-state index contributed by atoms with van der Waals surface area (Å²) in [5.41, 5.74) is -1.16. The van der Waals surface area contributed by atoms with Crippen LogP contribution in [0.3, 0.4) is 0 Å². The Hall–Kier alpha value is -1.41. The van der Waals surface area contributed by atoms with Gasteiger partial charge in [-0.25, -0.2) is 0 Å². The molecule has 1 aromatic rings. The van der Waals surface area contributed by atoms with Crippen molar-refractivity contribution in [1.82, 2.24) is 10.2 Å². The maximum absolute atomic E-state index is 13.0. The van der Waals surface area contributed by atoms with Crippen molar-refractivity contribution in [3.05, 3.63) is 17.8 Å². The van der Waals surface area contributed by atoms with Crippen molar-refractivity contribution in [2.75, 3.05) is 24.6 Å². The van der Waals surface area contributed by atoms with E-state index < -0.39 is 23.4 Å². The van der Waals surface area contributed by atoms with Gasteiger partial charge < -0.3 is 14.7 Å². The lowest BCUT2D eigenvalue weighted by atomic mass is 9.88. The summed E-state index contributed by atoms with van der Waals surface area (Å²) >= 11 is 0. The Morgan fingerprint density at radius 2 is 2.05 bits per heavy atom. The number of piperidine rings is 1. The number of nitrogens with zero attached hydrogens (tertiary/aromatic N) is 3. The lowest BCUT2D eigenvalue weighted by Gasteiger charge is -2.39. The molecule has 2 aliphatic rings. The minimum absolute atomic E-state index is 0.126. The van der Waals surface area contributed by atoms with Crippen LogP contribution >= 0.6 is 0 Å². The topological polar surface area (TPSA) is 58.5 Å². The summed E-state index contributed by atoms with van der Waals surface area (Å²) in [7, 11) is 0. The van der Waals surface area contributed by atoms with E-state index in [0.717, 1.165) is 12.3 Å². The van der Waals surface area contributed by atoms with Crippen molar-refractivity contribution >= 4 is 5.82 Å². The number of aromatic nitrogens is 2. The number of rotatable bonds is 1. The molecule has 0 aliphatic carbocycles. The van der Waals surface area contributed by atoms with E-state index >= 15 is 0 Å². The first kappa shape index (κ1) is 14.5. The van der Waals surface area contributed by atoms with Crippen molar-refractivity contribution in [3.8, 4) is 0 Å². The zero-order valence-electron chi connectivity index (χ0n) is 11.3. The third-order valence-electron chi connectivity index (χ3n) is 4.17. The van der Waals surface area contributed by atoms with Gasteiger partial charge in [-0.1, -0.05) is 0 Å². The quantitative estimate of drug-likeness (QED) is 0.854. The Bertz CT molecular complexity index is 516. The van der Waals surface area contributed by atoms with Crippen LogP contribution < -0.4 is 4.90 Å². The Morgan fingerprint density at radius 1 is 1.33 bits per heavy atom. The van der Waals surface area contributed by atoms with E-state index in [2.05, 4.69) is 10.2 Å². The van der Waals surface area contributed by atoms with Crippen LogP contribution in [0.15, 0.2) is 12.3 Å². The molecule has 3 rings (SSSR count). The zero-order valence-corrected chi connectivity index (χ0v) is 11.3. The van der Waals surface area contributed by atoms with Crippen molar-refractivity contribution in [3.63, 3.8) is 0 Å². The minimum Gasteiger partial charge on any atom is -0.391 e. The summed E-state index contributed by atoms with van der Waals surface area (Å²) in [5, 5.41) is 16.8. The fraction of sp³-hybridized carbons (Fsp3) is 0.692. The molecule has 116 valence electrons. The fourth-order valence-electron chi connectivity index (χ4n) is 3.07. The van der Waals surface area contributed by atoms with Gasteiger partial charge in [0, 0.05) is 19.5 Å². The van der Waals surface area contributed by atoms with Crippen molar-refractivity contribution in [2.45, 2.75) is 37.1 Å². The normalized spacial score (nSPS) is 25.5. The molecule has 0 amide bonds. The first-order valence-corrected chi connectivity index (χ1v) is 6.85. The Kier molecular flexibility index (Phi) is 3.53. The van der Waals surface area contributed by atoms with E-state index in [-0.39, 0.29) is 5.82 Å². The largest absolute Gasteiger partial charge is 0.420 e. The predicted octanol–water partition coefficient (Wildman–Crippen LogP) is 1.62. The summed E-state index contributed by atoms with van der Waals surface area (Å²) in [6.07, 6.45) is -2.16. The highest BCUT2D eigenvalue weighted by atomic mass is 19.4. The highest BCUT2D eigenvalue weighted by Crippen LogP contribution is 2.40. The molecule has 0 bridgehead atoms. The lowest BCUT2D eigenvalue weighted by molar-refractivity contribution is -0.137. The molecule has 1 aromatic heterocycles. The number of hydrogen-bond acceptors (Lipinski definition) is 5. The Balaban J connectivity index is 1.76. The van der Waals surface area contributed by atoms with Crippen molar-refractivity contribution < 1.29 is 23.0 Å². The minimum atomic E-state index is -4.44. The molecule has 1 N–H and O–H groups in total. The van der Waals surface area contributed by atoms with Gasteiger partial charge in [0.15, 0.2) is 5.82 Å². The SMILES string of the molecule is OC1COC2(CCN(c3nnccc3C(F)(F)F)CC2)C1. The van der Waals surface area contributed by atoms with E-state index in [9.17, 15) is 18.3 Å². The summed E-state index contributed by atoms with van der Waals surface area (Å²) in [5.74, 6) is -0.126. The summed E-state index contributed by atoms with van der Waals surface area (Å²) in [4.78, 5) is 1.59. The third kappa shape index (κ3) is 2.82. The highest BCUT2D eigenvalue weighted by Gasteiger charge is 2.44. The molecule has 2 saturated heterocycles. The van der Waals surface area contributed by atoms with Gasteiger partial charge in [0.05, 0.1) is 24.5 Å². The molecule has 3 heterocycles. The monoisotopic (exact) mass is 303 g/mol. The van der Waals surface area contributed by atoms with Crippen molar-refractivity contribution in [1.29, 1.82) is 0 Å². The number of halogens is 3. The van der Waals surface area contributed by atoms with Gasteiger partial charge in [-0.2, -0.15) is 18.3 Å². The molecule has 0 aromatic carbocycles. The van der Waals surface area contributed by atoms with Crippen LogP contribution in [0.1, 0.15) is 24.8 Å². The average molecular weight is 303 g/mol. The number of aliphatic hydroxyl groups is 1. The fourth-order valence-corrected chi connectivity index (χ4v) is 3.07. The molecular weight excluding hydrogens is 287 g/mol. The van der Waals surface area contributed by atoms with Crippen LogP contribution in [-0.2, 0) is 10.9 Å². The van der Waals surface area contributed by atoms with Gasteiger partial charge in [-0.05, 0) is 18.9 Å². The smallest absolute Gasteiger partial charge is 0.391 e. The molecule has 1 spiro atoms. The van der Waals surface area contributed by atoms with Gasteiger partial charge in [-0.3, -0.25) is 0 Å². The second-order valence-corrected chi connectivity index (χ2v) is 5.61. The van der Waals surface area contributed by atoms with Gasteiger partial charge in [0.2, 0.25) is 0 Å². The summed E-state index contributed by atoms with van der Waals surface area (Å²) in [6.45, 7) is 1.13. The second kappa shape index (κ2) is 5.10. The van der Waals surface area contributed by atoms with E-state index in [1.54, 1.807) is 4.90 Å². The summed E-state index contributed by atoms with van der Waals surface area (Å²) in [6, 6.07) is 0.947.